The molecular weight excluding hydrogens is 563 g/mol. The second-order valence-electron chi connectivity index (χ2n) is 11.4. The van der Waals surface area contributed by atoms with Crippen LogP contribution in [-0.2, 0) is 11.3 Å². The predicted octanol–water partition coefficient (Wildman–Crippen LogP) is 5.61. The number of pyridine rings is 1. The van der Waals surface area contributed by atoms with E-state index in [0.717, 1.165) is 68.9 Å². The van der Waals surface area contributed by atoms with Crippen LogP contribution in [0.2, 0.25) is 10.0 Å². The van der Waals surface area contributed by atoms with E-state index in [-0.39, 0.29) is 12.3 Å². The molecule has 1 N–H and O–H groups in total. The monoisotopic (exact) mass is 596 g/mol. The van der Waals surface area contributed by atoms with E-state index in [1.54, 1.807) is 18.5 Å². The van der Waals surface area contributed by atoms with E-state index in [0.29, 0.717) is 46.0 Å². The quantitative estimate of drug-likeness (QED) is 0.356. The highest BCUT2D eigenvalue weighted by Gasteiger charge is 2.41. The molecule has 0 unspecified atom stereocenters. The van der Waals surface area contributed by atoms with Gasteiger partial charge < -0.3 is 19.6 Å². The third kappa shape index (κ3) is 6.59. The Morgan fingerprint density at radius 3 is 2.37 bits per heavy atom. The standard InChI is InChI=1S/C30H34Cl2N6O3/c1-36-6-4-27-26(36)5-9-38(27)30-33-16-24(17-34-30)41-28-11-20(18-37-7-2-19(3-8-37)12-29(39)40)10-25(35-28)21-13-22(31)15-23(32)14-21/h10-11,13-17,19,26-27H,2-9,12,18H2,1H3,(H,39,40)/t26-,27-/m1/s1. The van der Waals surface area contributed by atoms with Gasteiger partial charge >= 0.3 is 5.97 Å². The molecule has 0 amide bonds. The SMILES string of the molecule is CN1CC[C@@H]2[C@H]1CCN2c1ncc(Oc2cc(CN3CCC(CC(=O)O)CC3)cc(-c3cc(Cl)cc(Cl)c3)n2)cn1. The largest absolute Gasteiger partial charge is 0.481 e. The summed E-state index contributed by atoms with van der Waals surface area (Å²) >= 11 is 12.6. The molecule has 41 heavy (non-hydrogen) atoms. The molecule has 1 aromatic carbocycles. The molecule has 0 spiro atoms. The van der Waals surface area contributed by atoms with Crippen molar-refractivity contribution in [1.82, 2.24) is 24.8 Å². The fourth-order valence-electron chi connectivity index (χ4n) is 6.49. The van der Waals surface area contributed by atoms with Crippen molar-refractivity contribution in [3.8, 4) is 22.9 Å². The molecule has 0 saturated carbocycles. The van der Waals surface area contributed by atoms with Gasteiger partial charge in [0.05, 0.1) is 18.1 Å². The number of aliphatic carboxylic acids is 1. The molecule has 3 fully saturated rings. The Bertz CT molecular complexity index is 1380. The maximum Gasteiger partial charge on any atom is 0.303 e. The topological polar surface area (TPSA) is 94.9 Å². The first kappa shape index (κ1) is 28.2. The fraction of sp³-hybridized carbons (Fsp3) is 0.467. The number of carboxylic acid groups (broad SMARTS) is 1. The number of ether oxygens (including phenoxy) is 1. The molecule has 216 valence electrons. The molecule has 9 nitrogen and oxygen atoms in total. The van der Waals surface area contributed by atoms with Crippen LogP contribution in [0.25, 0.3) is 11.3 Å². The van der Waals surface area contributed by atoms with Crippen molar-refractivity contribution < 1.29 is 14.6 Å². The summed E-state index contributed by atoms with van der Waals surface area (Å²) in [6.07, 6.45) is 7.67. The number of rotatable bonds is 8. The van der Waals surface area contributed by atoms with Crippen LogP contribution >= 0.6 is 23.2 Å². The third-order valence-electron chi connectivity index (χ3n) is 8.54. The molecule has 0 bridgehead atoms. The Hall–Kier alpha value is -2.98. The predicted molar refractivity (Wildman–Crippen MR) is 159 cm³/mol. The molecule has 6 rings (SSSR count). The molecular formula is C30H34Cl2N6O3. The van der Waals surface area contributed by atoms with Crippen LogP contribution in [0.5, 0.6) is 11.6 Å². The number of fused-ring (bicyclic) bond motifs is 1. The fourth-order valence-corrected chi connectivity index (χ4v) is 7.01. The molecule has 3 aliphatic heterocycles. The molecule has 11 heteroatoms. The number of likely N-dealkylation sites (tertiary alicyclic amines) is 2. The van der Waals surface area contributed by atoms with Crippen LogP contribution in [0.4, 0.5) is 5.95 Å². The minimum Gasteiger partial charge on any atom is -0.481 e. The average molecular weight is 598 g/mol. The third-order valence-corrected chi connectivity index (χ3v) is 8.98. The number of benzene rings is 1. The number of hydrogen-bond donors (Lipinski definition) is 1. The highest BCUT2D eigenvalue weighted by molar-refractivity contribution is 6.35. The van der Waals surface area contributed by atoms with Gasteiger partial charge in [0, 0.05) is 59.8 Å². The van der Waals surface area contributed by atoms with Crippen molar-refractivity contribution in [1.29, 1.82) is 0 Å². The molecule has 2 aromatic heterocycles. The Labute approximate surface area is 250 Å². The van der Waals surface area contributed by atoms with E-state index < -0.39 is 5.97 Å². The van der Waals surface area contributed by atoms with Crippen molar-refractivity contribution in [3.63, 3.8) is 0 Å². The van der Waals surface area contributed by atoms with Gasteiger partial charge in [-0.15, -0.1) is 0 Å². The molecule has 2 atom stereocenters. The van der Waals surface area contributed by atoms with Crippen molar-refractivity contribution in [2.24, 2.45) is 5.92 Å². The summed E-state index contributed by atoms with van der Waals surface area (Å²) < 4.78 is 6.20. The molecule has 3 aliphatic rings. The van der Waals surface area contributed by atoms with Crippen LogP contribution in [0.3, 0.4) is 0 Å². The highest BCUT2D eigenvalue weighted by atomic mass is 35.5. The normalized spacial score (nSPS) is 21.8. The number of likely N-dealkylation sites (N-methyl/N-ethyl adjacent to an activating group) is 1. The van der Waals surface area contributed by atoms with E-state index in [1.807, 2.05) is 24.3 Å². The zero-order valence-electron chi connectivity index (χ0n) is 23.0. The van der Waals surface area contributed by atoms with Crippen LogP contribution in [0.1, 0.15) is 37.7 Å². The summed E-state index contributed by atoms with van der Waals surface area (Å²) in [5.41, 5.74) is 2.53. The lowest BCUT2D eigenvalue weighted by Gasteiger charge is -2.31. The molecule has 3 saturated heterocycles. The lowest BCUT2D eigenvalue weighted by molar-refractivity contribution is -0.138. The van der Waals surface area contributed by atoms with Gasteiger partial charge in [-0.25, -0.2) is 15.0 Å². The number of anilines is 1. The van der Waals surface area contributed by atoms with E-state index in [2.05, 4.69) is 31.7 Å². The van der Waals surface area contributed by atoms with Gasteiger partial charge in [0.2, 0.25) is 11.8 Å². The Kier molecular flexibility index (Phi) is 8.30. The minimum atomic E-state index is -0.725. The van der Waals surface area contributed by atoms with Gasteiger partial charge in [0.15, 0.2) is 5.75 Å². The van der Waals surface area contributed by atoms with Gasteiger partial charge in [-0.3, -0.25) is 9.69 Å². The average Bonchev–Trinajstić information content (AvgIpc) is 3.52. The number of carboxylic acids is 1. The van der Waals surface area contributed by atoms with Crippen molar-refractivity contribution in [2.75, 3.05) is 38.1 Å². The first-order valence-electron chi connectivity index (χ1n) is 14.2. The van der Waals surface area contributed by atoms with E-state index >= 15 is 0 Å². The number of hydrogen-bond acceptors (Lipinski definition) is 8. The van der Waals surface area contributed by atoms with E-state index in [4.69, 9.17) is 38.0 Å². The van der Waals surface area contributed by atoms with E-state index in [9.17, 15) is 4.79 Å². The summed E-state index contributed by atoms with van der Waals surface area (Å²) in [5, 5.41) is 10.2. The number of halogens is 2. The van der Waals surface area contributed by atoms with Gasteiger partial charge in [-0.05, 0) is 81.6 Å². The summed E-state index contributed by atoms with van der Waals surface area (Å²) in [6, 6.07) is 10.4. The zero-order valence-corrected chi connectivity index (χ0v) is 24.6. The maximum atomic E-state index is 11.1. The van der Waals surface area contributed by atoms with Crippen LogP contribution in [-0.4, -0.2) is 81.1 Å². The van der Waals surface area contributed by atoms with Crippen LogP contribution in [0.15, 0.2) is 42.7 Å². The van der Waals surface area contributed by atoms with Crippen molar-refractivity contribution >= 4 is 35.1 Å². The number of aromatic nitrogens is 3. The zero-order chi connectivity index (χ0) is 28.5. The smallest absolute Gasteiger partial charge is 0.303 e. The molecule has 5 heterocycles. The number of nitrogens with zero attached hydrogens (tertiary/aromatic N) is 6. The van der Waals surface area contributed by atoms with Crippen LogP contribution in [0, 0.1) is 5.92 Å². The molecule has 0 radical (unpaired) electrons. The minimum absolute atomic E-state index is 0.230. The number of carbonyl (C=O) groups is 1. The lowest BCUT2D eigenvalue weighted by atomic mass is 9.93. The van der Waals surface area contributed by atoms with Crippen LogP contribution < -0.4 is 9.64 Å². The summed E-state index contributed by atoms with van der Waals surface area (Å²) in [7, 11) is 2.19. The summed E-state index contributed by atoms with van der Waals surface area (Å²) in [5.74, 6) is 1.19. The molecule has 3 aromatic rings. The van der Waals surface area contributed by atoms with E-state index in [1.165, 1.54) is 0 Å². The summed E-state index contributed by atoms with van der Waals surface area (Å²) in [4.78, 5) is 32.3. The maximum absolute atomic E-state index is 11.1. The summed E-state index contributed by atoms with van der Waals surface area (Å²) in [6.45, 7) is 4.45. The van der Waals surface area contributed by atoms with Crippen molar-refractivity contribution in [2.45, 2.75) is 50.7 Å². The second-order valence-corrected chi connectivity index (χ2v) is 12.3. The van der Waals surface area contributed by atoms with Gasteiger partial charge in [0.25, 0.3) is 0 Å². The van der Waals surface area contributed by atoms with Gasteiger partial charge in [0.1, 0.15) is 0 Å². The van der Waals surface area contributed by atoms with Gasteiger partial charge in [-0.2, -0.15) is 0 Å². The molecule has 0 aliphatic carbocycles. The van der Waals surface area contributed by atoms with Crippen molar-refractivity contribution in [3.05, 3.63) is 58.3 Å². The Morgan fingerprint density at radius 1 is 0.951 bits per heavy atom. The van der Waals surface area contributed by atoms with Gasteiger partial charge in [-0.1, -0.05) is 23.2 Å². The Morgan fingerprint density at radius 2 is 1.66 bits per heavy atom. The first-order chi connectivity index (χ1) is 19.8. The number of piperidine rings is 1. The lowest BCUT2D eigenvalue weighted by Crippen LogP contribution is -2.35. The second kappa shape index (κ2) is 12.1. The Balaban J connectivity index is 1.21. The highest BCUT2D eigenvalue weighted by Crippen LogP contribution is 2.34. The first-order valence-corrected chi connectivity index (χ1v) is 14.9.